The Balaban J connectivity index is 1.96. The Morgan fingerprint density at radius 2 is 2.33 bits per heavy atom. The molecular weight excluding hydrogens is 296 g/mol. The number of aromatic nitrogens is 2. The number of carbonyl (C=O) groups is 1. The predicted octanol–water partition coefficient (Wildman–Crippen LogP) is 2.62. The molecule has 94 valence electrons. The van der Waals surface area contributed by atoms with E-state index in [1.807, 2.05) is 25.5 Å². The Kier molecular flexibility index (Phi) is 4.15. The van der Waals surface area contributed by atoms with E-state index in [1.54, 1.807) is 16.8 Å². The summed E-state index contributed by atoms with van der Waals surface area (Å²) in [5.41, 5.74) is 1.66. The first-order valence-corrected chi connectivity index (χ1v) is 6.33. The molecule has 0 spiro atoms. The van der Waals surface area contributed by atoms with Gasteiger partial charge in [0.1, 0.15) is 5.75 Å². The first-order valence-electron chi connectivity index (χ1n) is 5.54. The quantitative estimate of drug-likeness (QED) is 0.798. The van der Waals surface area contributed by atoms with Crippen molar-refractivity contribution < 1.29 is 9.53 Å². The lowest BCUT2D eigenvalue weighted by Crippen LogP contribution is -2.02. The number of halogens is 1. The fourth-order valence-electron chi connectivity index (χ4n) is 1.62. The Morgan fingerprint density at radius 1 is 1.50 bits per heavy atom. The van der Waals surface area contributed by atoms with Crippen molar-refractivity contribution in [3.8, 4) is 5.75 Å². The SMILES string of the molecule is Cn1cc(CCOc2ccc(Br)cc2C=O)cn1. The van der Waals surface area contributed by atoms with Crippen molar-refractivity contribution in [3.63, 3.8) is 0 Å². The number of nitrogens with zero attached hydrogens (tertiary/aromatic N) is 2. The molecule has 0 aliphatic carbocycles. The smallest absolute Gasteiger partial charge is 0.153 e. The number of aldehydes is 1. The zero-order chi connectivity index (χ0) is 13.0. The number of rotatable bonds is 5. The topological polar surface area (TPSA) is 44.1 Å². The van der Waals surface area contributed by atoms with Gasteiger partial charge in [-0.25, -0.2) is 0 Å². The minimum absolute atomic E-state index is 0.522. The molecule has 4 nitrogen and oxygen atoms in total. The van der Waals surface area contributed by atoms with Gasteiger partial charge in [-0.05, 0) is 23.8 Å². The maximum Gasteiger partial charge on any atom is 0.153 e. The van der Waals surface area contributed by atoms with E-state index >= 15 is 0 Å². The van der Waals surface area contributed by atoms with E-state index in [4.69, 9.17) is 4.74 Å². The average Bonchev–Trinajstić information content (AvgIpc) is 2.77. The third-order valence-corrected chi connectivity index (χ3v) is 3.00. The second kappa shape index (κ2) is 5.82. The van der Waals surface area contributed by atoms with Crippen LogP contribution in [0.5, 0.6) is 5.75 Å². The summed E-state index contributed by atoms with van der Waals surface area (Å²) in [5, 5.41) is 4.09. The van der Waals surface area contributed by atoms with Crippen LogP contribution in [0.25, 0.3) is 0 Å². The lowest BCUT2D eigenvalue weighted by Gasteiger charge is -2.07. The van der Waals surface area contributed by atoms with Crippen LogP contribution in [0.15, 0.2) is 35.1 Å². The summed E-state index contributed by atoms with van der Waals surface area (Å²) in [6.07, 6.45) is 5.32. The first-order chi connectivity index (χ1) is 8.69. The number of hydrogen-bond donors (Lipinski definition) is 0. The van der Waals surface area contributed by atoms with E-state index in [0.29, 0.717) is 17.9 Å². The van der Waals surface area contributed by atoms with Crippen LogP contribution in [0.4, 0.5) is 0 Å². The Hall–Kier alpha value is -1.62. The normalized spacial score (nSPS) is 10.3. The Morgan fingerprint density at radius 3 is 3.00 bits per heavy atom. The zero-order valence-corrected chi connectivity index (χ0v) is 11.6. The fourth-order valence-corrected chi connectivity index (χ4v) is 2.00. The molecule has 0 unspecified atom stereocenters. The van der Waals surface area contributed by atoms with E-state index in [-0.39, 0.29) is 0 Å². The molecule has 0 bridgehead atoms. The van der Waals surface area contributed by atoms with Crippen LogP contribution in [0.3, 0.4) is 0 Å². The van der Waals surface area contributed by atoms with E-state index in [1.165, 1.54) is 0 Å². The molecule has 2 aromatic rings. The van der Waals surface area contributed by atoms with Gasteiger partial charge in [0.2, 0.25) is 0 Å². The average molecular weight is 309 g/mol. The molecule has 5 heteroatoms. The molecule has 0 amide bonds. The maximum absolute atomic E-state index is 10.9. The molecule has 0 saturated carbocycles. The van der Waals surface area contributed by atoms with Gasteiger partial charge in [0, 0.05) is 24.1 Å². The van der Waals surface area contributed by atoms with Crippen molar-refractivity contribution in [1.29, 1.82) is 0 Å². The van der Waals surface area contributed by atoms with Gasteiger partial charge < -0.3 is 4.74 Å². The molecule has 2 rings (SSSR count). The van der Waals surface area contributed by atoms with Gasteiger partial charge in [-0.2, -0.15) is 5.10 Å². The van der Waals surface area contributed by atoms with Gasteiger partial charge in [-0.3, -0.25) is 9.48 Å². The van der Waals surface area contributed by atoms with Gasteiger partial charge in [0.15, 0.2) is 6.29 Å². The second-order valence-corrected chi connectivity index (χ2v) is 4.84. The summed E-state index contributed by atoms with van der Waals surface area (Å²) in [6.45, 7) is 0.522. The van der Waals surface area contributed by atoms with Crippen molar-refractivity contribution in [2.45, 2.75) is 6.42 Å². The first kappa shape index (κ1) is 12.8. The van der Waals surface area contributed by atoms with Crippen LogP contribution in [-0.2, 0) is 13.5 Å². The molecule has 0 radical (unpaired) electrons. The summed E-state index contributed by atoms with van der Waals surface area (Å²) in [4.78, 5) is 10.9. The van der Waals surface area contributed by atoms with Gasteiger partial charge in [-0.15, -0.1) is 0 Å². The van der Waals surface area contributed by atoms with Crippen molar-refractivity contribution in [2.24, 2.45) is 7.05 Å². The van der Waals surface area contributed by atoms with E-state index in [2.05, 4.69) is 21.0 Å². The molecule has 1 heterocycles. The second-order valence-electron chi connectivity index (χ2n) is 3.92. The Labute approximate surface area is 114 Å². The van der Waals surface area contributed by atoms with E-state index in [0.717, 1.165) is 22.7 Å². The Bertz CT molecular complexity index is 552. The molecule has 0 aliphatic heterocycles. The summed E-state index contributed by atoms with van der Waals surface area (Å²) in [5.74, 6) is 0.608. The molecular formula is C13H13BrN2O2. The highest BCUT2D eigenvalue weighted by atomic mass is 79.9. The van der Waals surface area contributed by atoms with E-state index < -0.39 is 0 Å². The van der Waals surface area contributed by atoms with Crippen molar-refractivity contribution >= 4 is 22.2 Å². The molecule has 0 saturated heterocycles. The molecule has 0 aliphatic rings. The minimum atomic E-state index is 0.522. The molecule has 0 N–H and O–H groups in total. The van der Waals surface area contributed by atoms with Crippen molar-refractivity contribution in [3.05, 3.63) is 46.2 Å². The summed E-state index contributed by atoms with van der Waals surface area (Å²) >= 11 is 3.32. The summed E-state index contributed by atoms with van der Waals surface area (Å²) < 4.78 is 8.23. The molecule has 0 atom stereocenters. The van der Waals surface area contributed by atoms with Gasteiger partial charge in [-0.1, -0.05) is 15.9 Å². The highest BCUT2D eigenvalue weighted by Gasteiger charge is 2.04. The fraction of sp³-hybridized carbons (Fsp3) is 0.231. The zero-order valence-electron chi connectivity index (χ0n) is 9.97. The highest BCUT2D eigenvalue weighted by Crippen LogP contribution is 2.21. The van der Waals surface area contributed by atoms with Gasteiger partial charge >= 0.3 is 0 Å². The third-order valence-electron chi connectivity index (χ3n) is 2.51. The molecule has 1 aromatic carbocycles. The van der Waals surface area contributed by atoms with Crippen LogP contribution < -0.4 is 4.74 Å². The predicted molar refractivity (Wildman–Crippen MR) is 71.9 cm³/mol. The monoisotopic (exact) mass is 308 g/mol. The standard InChI is InChI=1S/C13H13BrN2O2/c1-16-8-10(7-15-16)4-5-18-13-3-2-12(14)6-11(13)9-17/h2-3,6-9H,4-5H2,1H3. The van der Waals surface area contributed by atoms with Gasteiger partial charge in [0.05, 0.1) is 18.4 Å². The van der Waals surface area contributed by atoms with Gasteiger partial charge in [0.25, 0.3) is 0 Å². The summed E-state index contributed by atoms with van der Waals surface area (Å²) in [6, 6.07) is 5.38. The van der Waals surface area contributed by atoms with Crippen molar-refractivity contribution in [1.82, 2.24) is 9.78 Å². The number of ether oxygens (including phenoxy) is 1. The lowest BCUT2D eigenvalue weighted by molar-refractivity contribution is 0.111. The number of hydrogen-bond acceptors (Lipinski definition) is 3. The largest absolute Gasteiger partial charge is 0.492 e. The van der Waals surface area contributed by atoms with Crippen LogP contribution >= 0.6 is 15.9 Å². The summed E-state index contributed by atoms with van der Waals surface area (Å²) in [7, 11) is 1.88. The number of carbonyl (C=O) groups excluding carboxylic acids is 1. The van der Waals surface area contributed by atoms with Crippen LogP contribution in [0.2, 0.25) is 0 Å². The van der Waals surface area contributed by atoms with Crippen molar-refractivity contribution in [2.75, 3.05) is 6.61 Å². The molecule has 1 aromatic heterocycles. The molecule has 18 heavy (non-hydrogen) atoms. The van der Waals surface area contributed by atoms with E-state index in [9.17, 15) is 4.79 Å². The number of benzene rings is 1. The maximum atomic E-state index is 10.9. The molecule has 0 fully saturated rings. The third kappa shape index (κ3) is 3.20. The van der Waals surface area contributed by atoms with Crippen LogP contribution in [0.1, 0.15) is 15.9 Å². The van der Waals surface area contributed by atoms with Crippen LogP contribution in [0, 0.1) is 0 Å². The minimum Gasteiger partial charge on any atom is -0.492 e. The lowest BCUT2D eigenvalue weighted by atomic mass is 10.2. The highest BCUT2D eigenvalue weighted by molar-refractivity contribution is 9.10. The number of aryl methyl sites for hydroxylation is 1. The van der Waals surface area contributed by atoms with Crippen LogP contribution in [-0.4, -0.2) is 22.7 Å².